The van der Waals surface area contributed by atoms with Crippen LogP contribution < -0.4 is 0 Å². The van der Waals surface area contributed by atoms with E-state index in [1.807, 2.05) is 11.9 Å². The number of likely N-dealkylation sites (tertiary alicyclic amines) is 2. The summed E-state index contributed by atoms with van der Waals surface area (Å²) in [4.78, 5) is 19.3. The number of alkyl halides is 1. The Morgan fingerprint density at radius 3 is 2.88 bits per heavy atom. The number of carbonyl (C=O) groups excluding carboxylic acids is 1. The molecule has 7 heteroatoms. The lowest BCUT2D eigenvalue weighted by Gasteiger charge is -2.50. The second kappa shape index (κ2) is 3.49. The lowest BCUT2D eigenvalue weighted by Crippen LogP contribution is -2.68. The number of hydrogen-bond acceptors (Lipinski definition) is 4. The molecular weight excluding hydrogens is 225 g/mol. The van der Waals surface area contributed by atoms with Gasteiger partial charge in [0.05, 0.1) is 5.54 Å². The third-order valence-corrected chi connectivity index (χ3v) is 3.75. The maximum absolute atomic E-state index is 14.0. The van der Waals surface area contributed by atoms with Crippen molar-refractivity contribution in [1.82, 2.24) is 24.6 Å². The molecule has 0 radical (unpaired) electrons. The number of amides is 1. The lowest BCUT2D eigenvalue weighted by molar-refractivity contribution is -0.0107. The molecule has 2 saturated heterocycles. The molecule has 1 aromatic rings. The first-order chi connectivity index (χ1) is 8.13. The average Bonchev–Trinajstić information content (AvgIpc) is 2.84. The SMILES string of the molecule is CN1CC(F)C2(CCN2C(=O)n2cncn2)C1. The van der Waals surface area contributed by atoms with Gasteiger partial charge in [-0.2, -0.15) is 9.78 Å². The van der Waals surface area contributed by atoms with Gasteiger partial charge < -0.3 is 9.80 Å². The van der Waals surface area contributed by atoms with E-state index in [2.05, 4.69) is 10.1 Å². The molecular formula is C10H14FN5O. The standard InChI is InChI=1S/C10H14FN5O/c1-14-4-8(11)10(5-14)2-3-15(10)9(17)16-7-12-6-13-16/h6-8H,2-5H2,1H3. The van der Waals surface area contributed by atoms with Crippen LogP contribution >= 0.6 is 0 Å². The van der Waals surface area contributed by atoms with Crippen LogP contribution in [0.25, 0.3) is 0 Å². The summed E-state index contributed by atoms with van der Waals surface area (Å²) in [5.74, 6) is 0. The van der Waals surface area contributed by atoms with E-state index in [-0.39, 0.29) is 6.03 Å². The van der Waals surface area contributed by atoms with Gasteiger partial charge in [-0.3, -0.25) is 0 Å². The molecule has 3 heterocycles. The highest BCUT2D eigenvalue weighted by Crippen LogP contribution is 2.40. The van der Waals surface area contributed by atoms with E-state index >= 15 is 0 Å². The molecule has 0 saturated carbocycles. The smallest absolute Gasteiger partial charge is 0.313 e. The molecule has 1 aromatic heterocycles. The zero-order valence-electron chi connectivity index (χ0n) is 9.58. The molecule has 1 amide bonds. The number of aromatic nitrogens is 3. The first-order valence-electron chi connectivity index (χ1n) is 5.63. The van der Waals surface area contributed by atoms with Crippen molar-refractivity contribution in [2.24, 2.45) is 0 Å². The highest BCUT2D eigenvalue weighted by molar-refractivity contribution is 5.77. The number of hydrogen-bond donors (Lipinski definition) is 0. The van der Waals surface area contributed by atoms with Crippen LogP contribution in [0.15, 0.2) is 12.7 Å². The molecule has 0 N–H and O–H groups in total. The fourth-order valence-corrected chi connectivity index (χ4v) is 2.79. The summed E-state index contributed by atoms with van der Waals surface area (Å²) < 4.78 is 15.2. The van der Waals surface area contributed by atoms with E-state index in [4.69, 9.17) is 0 Å². The zero-order valence-corrected chi connectivity index (χ0v) is 9.58. The van der Waals surface area contributed by atoms with Crippen LogP contribution in [0.4, 0.5) is 9.18 Å². The predicted octanol–water partition coefficient (Wildman–Crippen LogP) is -0.0258. The van der Waals surface area contributed by atoms with Crippen LogP contribution in [0, 0.1) is 0 Å². The Morgan fingerprint density at radius 1 is 1.59 bits per heavy atom. The molecule has 17 heavy (non-hydrogen) atoms. The largest absolute Gasteiger partial charge is 0.346 e. The third-order valence-electron chi connectivity index (χ3n) is 3.75. The molecule has 92 valence electrons. The quantitative estimate of drug-likeness (QED) is 0.638. The molecule has 2 aliphatic heterocycles. The summed E-state index contributed by atoms with van der Waals surface area (Å²) in [5, 5.41) is 3.80. The van der Waals surface area contributed by atoms with Crippen LogP contribution in [0.2, 0.25) is 0 Å². The molecule has 0 aromatic carbocycles. The van der Waals surface area contributed by atoms with Crippen molar-refractivity contribution in [2.45, 2.75) is 18.1 Å². The number of nitrogens with zero attached hydrogens (tertiary/aromatic N) is 5. The first-order valence-corrected chi connectivity index (χ1v) is 5.63. The Hall–Kier alpha value is -1.50. The van der Waals surface area contributed by atoms with Gasteiger partial charge in [0, 0.05) is 19.6 Å². The number of carbonyl (C=O) groups is 1. The third kappa shape index (κ3) is 1.38. The fourth-order valence-electron chi connectivity index (χ4n) is 2.79. The van der Waals surface area contributed by atoms with E-state index in [1.54, 1.807) is 4.90 Å². The predicted molar refractivity (Wildman–Crippen MR) is 57.3 cm³/mol. The summed E-state index contributed by atoms with van der Waals surface area (Å²) in [6, 6.07) is -0.285. The Balaban J connectivity index is 1.84. The van der Waals surface area contributed by atoms with Gasteiger partial charge in [0.1, 0.15) is 18.8 Å². The molecule has 2 unspecified atom stereocenters. The highest BCUT2D eigenvalue weighted by Gasteiger charge is 2.57. The van der Waals surface area contributed by atoms with Crippen LogP contribution in [0.1, 0.15) is 6.42 Å². The Labute approximate surface area is 98.0 Å². The Kier molecular flexibility index (Phi) is 2.19. The van der Waals surface area contributed by atoms with Crippen LogP contribution in [-0.2, 0) is 0 Å². The molecule has 2 fully saturated rings. The average molecular weight is 239 g/mol. The fraction of sp³-hybridized carbons (Fsp3) is 0.700. The van der Waals surface area contributed by atoms with E-state index in [0.29, 0.717) is 19.6 Å². The van der Waals surface area contributed by atoms with Gasteiger partial charge in [-0.25, -0.2) is 14.2 Å². The number of halogens is 1. The van der Waals surface area contributed by atoms with E-state index in [9.17, 15) is 9.18 Å². The van der Waals surface area contributed by atoms with Crippen molar-refractivity contribution in [1.29, 1.82) is 0 Å². The Morgan fingerprint density at radius 2 is 2.41 bits per heavy atom. The van der Waals surface area contributed by atoms with E-state index in [0.717, 1.165) is 11.1 Å². The van der Waals surface area contributed by atoms with Crippen molar-refractivity contribution in [2.75, 3.05) is 26.7 Å². The minimum atomic E-state index is -0.978. The topological polar surface area (TPSA) is 54.3 Å². The van der Waals surface area contributed by atoms with Gasteiger partial charge in [0.2, 0.25) is 0 Å². The summed E-state index contributed by atoms with van der Waals surface area (Å²) in [6.07, 6.45) is 2.39. The van der Waals surface area contributed by atoms with Gasteiger partial charge in [0.25, 0.3) is 0 Å². The molecule has 2 atom stereocenters. The van der Waals surface area contributed by atoms with Crippen LogP contribution in [-0.4, -0.2) is 69.0 Å². The summed E-state index contributed by atoms with van der Waals surface area (Å²) in [7, 11) is 1.87. The second-order valence-corrected chi connectivity index (χ2v) is 4.79. The lowest BCUT2D eigenvalue weighted by atomic mass is 9.83. The van der Waals surface area contributed by atoms with Crippen molar-refractivity contribution < 1.29 is 9.18 Å². The van der Waals surface area contributed by atoms with Gasteiger partial charge in [0.15, 0.2) is 0 Å². The van der Waals surface area contributed by atoms with Crippen molar-refractivity contribution >= 4 is 6.03 Å². The van der Waals surface area contributed by atoms with Gasteiger partial charge >= 0.3 is 6.03 Å². The summed E-state index contributed by atoms with van der Waals surface area (Å²) >= 11 is 0. The number of likely N-dealkylation sites (N-methyl/N-ethyl adjacent to an activating group) is 1. The maximum Gasteiger partial charge on any atom is 0.346 e. The summed E-state index contributed by atoms with van der Waals surface area (Å²) in [5.41, 5.74) is -0.641. The molecule has 1 spiro atoms. The minimum Gasteiger partial charge on any atom is -0.313 e. The molecule has 2 aliphatic rings. The van der Waals surface area contributed by atoms with Gasteiger partial charge in [-0.15, -0.1) is 0 Å². The normalized spacial score (nSPS) is 33.1. The molecule has 6 nitrogen and oxygen atoms in total. The Bertz CT molecular complexity index is 436. The van der Waals surface area contributed by atoms with Gasteiger partial charge in [-0.1, -0.05) is 0 Å². The first kappa shape index (κ1) is 10.6. The van der Waals surface area contributed by atoms with Gasteiger partial charge in [-0.05, 0) is 13.5 Å². The van der Waals surface area contributed by atoms with E-state index < -0.39 is 11.7 Å². The molecule has 0 aliphatic carbocycles. The van der Waals surface area contributed by atoms with Crippen molar-refractivity contribution in [3.05, 3.63) is 12.7 Å². The van der Waals surface area contributed by atoms with Crippen LogP contribution in [0.5, 0.6) is 0 Å². The van der Waals surface area contributed by atoms with E-state index in [1.165, 1.54) is 12.7 Å². The van der Waals surface area contributed by atoms with Crippen molar-refractivity contribution in [3.8, 4) is 0 Å². The molecule has 3 rings (SSSR count). The summed E-state index contributed by atoms with van der Waals surface area (Å²) in [6.45, 7) is 1.57. The van der Waals surface area contributed by atoms with Crippen molar-refractivity contribution in [3.63, 3.8) is 0 Å². The maximum atomic E-state index is 14.0. The number of rotatable bonds is 0. The second-order valence-electron chi connectivity index (χ2n) is 4.79. The highest BCUT2D eigenvalue weighted by atomic mass is 19.1. The minimum absolute atomic E-state index is 0.285. The van der Waals surface area contributed by atoms with Crippen LogP contribution in [0.3, 0.4) is 0 Å². The monoisotopic (exact) mass is 239 g/mol. The molecule has 0 bridgehead atoms. The zero-order chi connectivity index (χ0) is 12.0.